The average molecular weight is 299 g/mol. The molecular formula is C19H25NO2. The minimum atomic E-state index is -0.410. The first-order valence-corrected chi connectivity index (χ1v) is 8.31. The second kappa shape index (κ2) is 4.36. The Balaban J connectivity index is 1.85. The molecule has 118 valence electrons. The zero-order valence-electron chi connectivity index (χ0n) is 13.3. The second-order valence-electron chi connectivity index (χ2n) is 7.92. The summed E-state index contributed by atoms with van der Waals surface area (Å²) in [5, 5.41) is 21.1. The van der Waals surface area contributed by atoms with Gasteiger partial charge in [-0.05, 0) is 36.8 Å². The van der Waals surface area contributed by atoms with Gasteiger partial charge in [-0.15, -0.1) is 0 Å². The van der Waals surface area contributed by atoms with E-state index in [1.807, 2.05) is 12.2 Å². The van der Waals surface area contributed by atoms with E-state index >= 15 is 0 Å². The summed E-state index contributed by atoms with van der Waals surface area (Å²) in [6.45, 7) is 4.42. The Morgan fingerprint density at radius 2 is 2.00 bits per heavy atom. The van der Waals surface area contributed by atoms with Gasteiger partial charge >= 0.3 is 0 Å². The normalized spacial score (nSPS) is 49.5. The van der Waals surface area contributed by atoms with Gasteiger partial charge in [-0.25, -0.2) is 0 Å². The Labute approximate surface area is 131 Å². The van der Waals surface area contributed by atoms with Crippen LogP contribution in [0.1, 0.15) is 33.1 Å². The standard InChI is InChI=1S/C19H25NO2/c1-18-7-5-12(20)9-11(18)10-15(21)17-13-3-4-16(22)19(13,2)8-6-14(17)18/h3-5,7,10,12-14,16,21-22H,6,8-9,20H2,1-2H3/t12?,13-,14+,16?,18-,19-/m0/s1. The molecule has 0 aliphatic heterocycles. The van der Waals surface area contributed by atoms with Gasteiger partial charge in [0.15, 0.2) is 0 Å². The molecule has 2 unspecified atom stereocenters. The number of allylic oxidation sites excluding steroid dienone is 4. The van der Waals surface area contributed by atoms with Crippen LogP contribution in [0.15, 0.2) is 47.3 Å². The molecule has 0 aromatic carbocycles. The molecule has 1 saturated carbocycles. The third kappa shape index (κ3) is 1.64. The van der Waals surface area contributed by atoms with Crippen molar-refractivity contribution >= 4 is 0 Å². The van der Waals surface area contributed by atoms with Gasteiger partial charge in [-0.1, -0.05) is 43.7 Å². The SMILES string of the molecule is C[C@]12C=CC(N)CC1=CC(O)=C1[C@H]2CC[C@]2(C)C(O)C=C[C@@H]12. The Morgan fingerprint density at radius 1 is 1.23 bits per heavy atom. The summed E-state index contributed by atoms with van der Waals surface area (Å²) < 4.78 is 0. The first kappa shape index (κ1) is 14.3. The van der Waals surface area contributed by atoms with Crippen LogP contribution in [-0.4, -0.2) is 22.4 Å². The number of rotatable bonds is 0. The van der Waals surface area contributed by atoms with Crippen LogP contribution in [0.5, 0.6) is 0 Å². The summed E-state index contributed by atoms with van der Waals surface area (Å²) in [5.41, 5.74) is 8.23. The molecule has 0 bridgehead atoms. The summed E-state index contributed by atoms with van der Waals surface area (Å²) >= 11 is 0. The van der Waals surface area contributed by atoms with Crippen molar-refractivity contribution in [3.05, 3.63) is 47.3 Å². The van der Waals surface area contributed by atoms with Crippen molar-refractivity contribution < 1.29 is 10.2 Å². The fourth-order valence-corrected chi connectivity index (χ4v) is 5.17. The van der Waals surface area contributed by atoms with E-state index in [4.69, 9.17) is 5.73 Å². The number of hydrogen-bond acceptors (Lipinski definition) is 3. The topological polar surface area (TPSA) is 66.5 Å². The smallest absolute Gasteiger partial charge is 0.115 e. The maximum atomic E-state index is 10.7. The first-order chi connectivity index (χ1) is 10.4. The Morgan fingerprint density at radius 3 is 2.77 bits per heavy atom. The van der Waals surface area contributed by atoms with Crippen molar-refractivity contribution in [1.82, 2.24) is 0 Å². The lowest BCUT2D eigenvalue weighted by molar-refractivity contribution is 0.0248. The maximum absolute atomic E-state index is 10.7. The molecule has 0 saturated heterocycles. The predicted octanol–water partition coefficient (Wildman–Crippen LogP) is 3.00. The number of aliphatic hydroxyl groups is 2. The van der Waals surface area contributed by atoms with Gasteiger partial charge in [0, 0.05) is 22.8 Å². The molecule has 22 heavy (non-hydrogen) atoms. The Bertz CT molecular complexity index is 644. The molecule has 0 spiro atoms. The third-order valence-electron chi connectivity index (χ3n) is 6.72. The molecule has 0 radical (unpaired) electrons. The van der Waals surface area contributed by atoms with E-state index in [0.717, 1.165) is 24.8 Å². The van der Waals surface area contributed by atoms with E-state index in [9.17, 15) is 10.2 Å². The van der Waals surface area contributed by atoms with Gasteiger partial charge in [0.25, 0.3) is 0 Å². The van der Waals surface area contributed by atoms with Gasteiger partial charge in [0.1, 0.15) is 5.76 Å². The maximum Gasteiger partial charge on any atom is 0.115 e. The zero-order chi connectivity index (χ0) is 15.7. The number of hydrogen-bond donors (Lipinski definition) is 3. The summed E-state index contributed by atoms with van der Waals surface area (Å²) in [6.07, 6.45) is 12.7. The third-order valence-corrected chi connectivity index (χ3v) is 6.72. The minimum Gasteiger partial charge on any atom is -0.508 e. The highest BCUT2D eigenvalue weighted by molar-refractivity contribution is 5.47. The molecule has 3 nitrogen and oxygen atoms in total. The molecule has 4 aliphatic rings. The molecule has 0 amide bonds. The van der Waals surface area contributed by atoms with Crippen molar-refractivity contribution in [1.29, 1.82) is 0 Å². The molecular weight excluding hydrogens is 274 g/mol. The van der Waals surface area contributed by atoms with Crippen molar-refractivity contribution in [3.63, 3.8) is 0 Å². The predicted molar refractivity (Wildman–Crippen MR) is 87.0 cm³/mol. The molecule has 4 N–H and O–H groups in total. The van der Waals surface area contributed by atoms with Crippen LogP contribution in [0.25, 0.3) is 0 Å². The lowest BCUT2D eigenvalue weighted by Crippen LogP contribution is -2.47. The van der Waals surface area contributed by atoms with Crippen LogP contribution in [-0.2, 0) is 0 Å². The van der Waals surface area contributed by atoms with Gasteiger partial charge < -0.3 is 15.9 Å². The largest absolute Gasteiger partial charge is 0.508 e. The van der Waals surface area contributed by atoms with Crippen LogP contribution in [0.2, 0.25) is 0 Å². The van der Waals surface area contributed by atoms with E-state index in [0.29, 0.717) is 11.7 Å². The summed E-state index contributed by atoms with van der Waals surface area (Å²) in [6, 6.07) is 0.0516. The van der Waals surface area contributed by atoms with E-state index in [1.54, 1.807) is 0 Å². The average Bonchev–Trinajstić information content (AvgIpc) is 2.77. The van der Waals surface area contributed by atoms with E-state index in [-0.39, 0.29) is 22.8 Å². The molecule has 0 aromatic heterocycles. The highest BCUT2D eigenvalue weighted by Crippen LogP contribution is 2.61. The van der Waals surface area contributed by atoms with Gasteiger partial charge in [0.05, 0.1) is 6.10 Å². The van der Waals surface area contributed by atoms with E-state index < -0.39 is 6.10 Å². The lowest BCUT2D eigenvalue weighted by atomic mass is 9.52. The number of aliphatic hydroxyl groups excluding tert-OH is 2. The van der Waals surface area contributed by atoms with Gasteiger partial charge in [0.2, 0.25) is 0 Å². The summed E-state index contributed by atoms with van der Waals surface area (Å²) in [4.78, 5) is 0. The van der Waals surface area contributed by atoms with Crippen LogP contribution in [0.4, 0.5) is 0 Å². The second-order valence-corrected chi connectivity index (χ2v) is 7.92. The number of nitrogens with two attached hydrogens (primary N) is 1. The monoisotopic (exact) mass is 299 g/mol. The zero-order valence-corrected chi connectivity index (χ0v) is 13.3. The van der Waals surface area contributed by atoms with Crippen molar-refractivity contribution in [2.45, 2.75) is 45.3 Å². The molecule has 0 heterocycles. The van der Waals surface area contributed by atoms with Crippen molar-refractivity contribution in [2.24, 2.45) is 28.4 Å². The molecule has 1 fully saturated rings. The molecule has 4 aliphatic carbocycles. The molecule has 6 atom stereocenters. The molecule has 0 aromatic rings. The highest BCUT2D eigenvalue weighted by Gasteiger charge is 2.55. The summed E-state index contributed by atoms with van der Waals surface area (Å²) in [5.74, 6) is 0.860. The van der Waals surface area contributed by atoms with Crippen LogP contribution < -0.4 is 5.73 Å². The van der Waals surface area contributed by atoms with Crippen LogP contribution in [0, 0.1) is 22.7 Å². The molecule has 3 heteroatoms. The van der Waals surface area contributed by atoms with Crippen LogP contribution >= 0.6 is 0 Å². The lowest BCUT2D eigenvalue weighted by Gasteiger charge is -2.52. The van der Waals surface area contributed by atoms with E-state index in [1.165, 1.54) is 5.57 Å². The van der Waals surface area contributed by atoms with Gasteiger partial charge in [-0.2, -0.15) is 0 Å². The molecule has 4 rings (SSSR count). The summed E-state index contributed by atoms with van der Waals surface area (Å²) in [7, 11) is 0. The Hall–Kier alpha value is -1.32. The van der Waals surface area contributed by atoms with Gasteiger partial charge in [-0.3, -0.25) is 0 Å². The fourth-order valence-electron chi connectivity index (χ4n) is 5.17. The van der Waals surface area contributed by atoms with Crippen molar-refractivity contribution in [3.8, 4) is 0 Å². The van der Waals surface area contributed by atoms with Crippen LogP contribution in [0.3, 0.4) is 0 Å². The highest BCUT2D eigenvalue weighted by atomic mass is 16.3. The Kier molecular flexibility index (Phi) is 2.83. The fraction of sp³-hybridized carbons (Fsp3) is 0.579. The first-order valence-electron chi connectivity index (χ1n) is 8.31. The van der Waals surface area contributed by atoms with Crippen molar-refractivity contribution in [2.75, 3.05) is 0 Å². The quantitative estimate of drug-likeness (QED) is 0.602. The number of fused-ring (bicyclic) bond motifs is 5. The van der Waals surface area contributed by atoms with E-state index in [2.05, 4.69) is 32.1 Å². The minimum absolute atomic E-state index is 0.0415.